The Morgan fingerprint density at radius 1 is 1.50 bits per heavy atom. The summed E-state index contributed by atoms with van der Waals surface area (Å²) in [5.74, 6) is 1.97. The largest absolute Gasteiger partial charge is 0.383 e. The number of hydrogen-bond acceptors (Lipinski definition) is 4. The van der Waals surface area contributed by atoms with Crippen LogP contribution in [-0.4, -0.2) is 16.6 Å². The highest BCUT2D eigenvalue weighted by Gasteiger charge is 2.39. The van der Waals surface area contributed by atoms with Gasteiger partial charge in [-0.15, -0.1) is 0 Å². The first-order valence-electron chi connectivity index (χ1n) is 6.50. The van der Waals surface area contributed by atoms with Crippen molar-refractivity contribution in [2.45, 2.75) is 45.1 Å². The molecule has 1 aromatic heterocycles. The normalized spacial score (nSPS) is 28.3. The summed E-state index contributed by atoms with van der Waals surface area (Å²) in [6.07, 6.45) is 5.97. The number of ether oxygens (including phenoxy) is 1. The second kappa shape index (κ2) is 5.53. The lowest BCUT2D eigenvalue weighted by molar-refractivity contribution is -0.0836. The maximum Gasteiger partial charge on any atom is 0.162 e. The zero-order valence-corrected chi connectivity index (χ0v) is 12.5. The van der Waals surface area contributed by atoms with Crippen molar-refractivity contribution >= 4 is 21.7 Å². The maximum atomic E-state index is 6.00. The van der Waals surface area contributed by atoms with Crippen molar-refractivity contribution in [3.63, 3.8) is 0 Å². The van der Waals surface area contributed by atoms with Gasteiger partial charge in [0.15, 0.2) is 5.82 Å². The second-order valence-corrected chi connectivity index (χ2v) is 5.89. The standard InChI is InChI=1S/C13H20BrN3O/c1-3-18-13(6-4-9(2)5-7-13)12-16-8-10(14)11(15)17-12/h8-9H,3-7H2,1-2H3,(H2,15,16,17). The average Bonchev–Trinajstić information content (AvgIpc) is 2.36. The molecular weight excluding hydrogens is 294 g/mol. The van der Waals surface area contributed by atoms with Crippen LogP contribution >= 0.6 is 15.9 Å². The minimum atomic E-state index is -0.337. The fourth-order valence-electron chi connectivity index (χ4n) is 2.54. The van der Waals surface area contributed by atoms with Gasteiger partial charge in [-0.3, -0.25) is 0 Å². The van der Waals surface area contributed by atoms with Gasteiger partial charge in [0.1, 0.15) is 11.4 Å². The first-order chi connectivity index (χ1) is 8.57. The van der Waals surface area contributed by atoms with Crippen molar-refractivity contribution in [1.29, 1.82) is 0 Å². The van der Waals surface area contributed by atoms with Gasteiger partial charge in [-0.2, -0.15) is 0 Å². The van der Waals surface area contributed by atoms with Gasteiger partial charge >= 0.3 is 0 Å². The van der Waals surface area contributed by atoms with Crippen LogP contribution in [0, 0.1) is 5.92 Å². The molecular formula is C13H20BrN3O. The van der Waals surface area contributed by atoms with Gasteiger partial charge in [-0.05, 0) is 54.5 Å². The number of aromatic nitrogens is 2. The third-order valence-corrected chi connectivity index (χ3v) is 4.29. The Morgan fingerprint density at radius 3 is 2.72 bits per heavy atom. The molecule has 4 nitrogen and oxygen atoms in total. The van der Waals surface area contributed by atoms with Crippen LogP contribution in [0.3, 0.4) is 0 Å². The van der Waals surface area contributed by atoms with E-state index in [1.54, 1.807) is 6.20 Å². The third-order valence-electron chi connectivity index (χ3n) is 3.68. The van der Waals surface area contributed by atoms with E-state index in [0.29, 0.717) is 12.4 Å². The van der Waals surface area contributed by atoms with E-state index in [2.05, 4.69) is 32.8 Å². The van der Waals surface area contributed by atoms with Crippen molar-refractivity contribution in [3.05, 3.63) is 16.5 Å². The third kappa shape index (κ3) is 2.67. The number of rotatable bonds is 3. The van der Waals surface area contributed by atoms with Gasteiger partial charge in [0.2, 0.25) is 0 Å². The summed E-state index contributed by atoms with van der Waals surface area (Å²) < 4.78 is 6.74. The molecule has 0 unspecified atom stereocenters. The van der Waals surface area contributed by atoms with Crippen molar-refractivity contribution in [1.82, 2.24) is 9.97 Å². The first-order valence-corrected chi connectivity index (χ1v) is 7.29. The van der Waals surface area contributed by atoms with Crippen molar-refractivity contribution in [2.75, 3.05) is 12.3 Å². The number of hydrogen-bond donors (Lipinski definition) is 1. The van der Waals surface area contributed by atoms with Crippen LogP contribution in [0.5, 0.6) is 0 Å². The molecule has 1 heterocycles. The molecule has 0 saturated heterocycles. The minimum Gasteiger partial charge on any atom is -0.383 e. The van der Waals surface area contributed by atoms with Crippen LogP contribution in [0.1, 0.15) is 45.4 Å². The summed E-state index contributed by atoms with van der Waals surface area (Å²) in [5, 5.41) is 0. The number of anilines is 1. The zero-order valence-electron chi connectivity index (χ0n) is 10.9. The number of halogens is 1. The molecule has 0 spiro atoms. The van der Waals surface area contributed by atoms with E-state index in [4.69, 9.17) is 10.5 Å². The quantitative estimate of drug-likeness (QED) is 0.930. The highest BCUT2D eigenvalue weighted by atomic mass is 79.9. The molecule has 0 radical (unpaired) electrons. The summed E-state index contributed by atoms with van der Waals surface area (Å²) in [4.78, 5) is 8.82. The summed E-state index contributed by atoms with van der Waals surface area (Å²) >= 11 is 3.33. The molecule has 0 aliphatic heterocycles. The molecule has 0 atom stereocenters. The Hall–Kier alpha value is -0.680. The highest BCUT2D eigenvalue weighted by Crippen LogP contribution is 2.41. The lowest BCUT2D eigenvalue weighted by atomic mass is 9.79. The van der Waals surface area contributed by atoms with E-state index in [1.807, 2.05) is 6.92 Å². The van der Waals surface area contributed by atoms with Gasteiger partial charge in [0.25, 0.3) is 0 Å². The van der Waals surface area contributed by atoms with Crippen molar-refractivity contribution in [3.8, 4) is 0 Å². The molecule has 0 amide bonds. The van der Waals surface area contributed by atoms with E-state index < -0.39 is 0 Å². The van der Waals surface area contributed by atoms with E-state index in [9.17, 15) is 0 Å². The number of nitrogen functional groups attached to an aromatic ring is 1. The van der Waals surface area contributed by atoms with E-state index >= 15 is 0 Å². The van der Waals surface area contributed by atoms with E-state index in [-0.39, 0.29) is 5.60 Å². The summed E-state index contributed by atoms with van der Waals surface area (Å²) in [7, 11) is 0. The van der Waals surface area contributed by atoms with Gasteiger partial charge in [0, 0.05) is 12.8 Å². The molecule has 0 bridgehead atoms. The Morgan fingerprint density at radius 2 is 2.17 bits per heavy atom. The summed E-state index contributed by atoms with van der Waals surface area (Å²) in [5.41, 5.74) is 5.52. The highest BCUT2D eigenvalue weighted by molar-refractivity contribution is 9.10. The van der Waals surface area contributed by atoms with Crippen LogP contribution < -0.4 is 5.73 Å². The Kier molecular flexibility index (Phi) is 4.22. The van der Waals surface area contributed by atoms with E-state index in [1.165, 1.54) is 0 Å². The lowest BCUT2D eigenvalue weighted by Crippen LogP contribution is -2.36. The van der Waals surface area contributed by atoms with Crippen LogP contribution in [0.15, 0.2) is 10.7 Å². The van der Waals surface area contributed by atoms with E-state index in [0.717, 1.165) is 41.9 Å². The molecule has 0 aromatic carbocycles. The van der Waals surface area contributed by atoms with Crippen molar-refractivity contribution < 1.29 is 4.74 Å². The fourth-order valence-corrected chi connectivity index (χ4v) is 2.73. The van der Waals surface area contributed by atoms with Crippen LogP contribution in [0.2, 0.25) is 0 Å². The van der Waals surface area contributed by atoms with Gasteiger partial charge in [0.05, 0.1) is 4.47 Å². The topological polar surface area (TPSA) is 61.0 Å². The maximum absolute atomic E-state index is 6.00. The predicted octanol–water partition coefficient (Wildman–Crippen LogP) is 3.26. The molecule has 1 saturated carbocycles. The molecule has 5 heteroatoms. The number of nitrogens with zero attached hydrogens (tertiary/aromatic N) is 2. The zero-order chi connectivity index (χ0) is 13.2. The molecule has 1 fully saturated rings. The summed E-state index contributed by atoms with van der Waals surface area (Å²) in [6.45, 7) is 4.97. The first kappa shape index (κ1) is 13.7. The van der Waals surface area contributed by atoms with Crippen LogP contribution in [0.25, 0.3) is 0 Å². The number of nitrogens with two attached hydrogens (primary N) is 1. The molecule has 1 aromatic rings. The van der Waals surface area contributed by atoms with Gasteiger partial charge in [-0.25, -0.2) is 9.97 Å². The Balaban J connectivity index is 2.31. The molecule has 100 valence electrons. The predicted molar refractivity (Wildman–Crippen MR) is 75.1 cm³/mol. The lowest BCUT2D eigenvalue weighted by Gasteiger charge is -2.37. The summed E-state index contributed by atoms with van der Waals surface area (Å²) in [6, 6.07) is 0. The molecule has 1 aliphatic carbocycles. The SMILES string of the molecule is CCOC1(c2ncc(Br)c(N)n2)CCC(C)CC1. The van der Waals surface area contributed by atoms with Gasteiger partial charge < -0.3 is 10.5 Å². The monoisotopic (exact) mass is 313 g/mol. The fraction of sp³-hybridized carbons (Fsp3) is 0.692. The molecule has 2 rings (SSSR count). The molecule has 1 aliphatic rings. The Labute approximate surface area is 116 Å². The second-order valence-electron chi connectivity index (χ2n) is 5.04. The minimum absolute atomic E-state index is 0.337. The van der Waals surface area contributed by atoms with Gasteiger partial charge in [-0.1, -0.05) is 6.92 Å². The molecule has 18 heavy (non-hydrogen) atoms. The molecule has 2 N–H and O–H groups in total. The van der Waals surface area contributed by atoms with Crippen LogP contribution in [-0.2, 0) is 10.3 Å². The van der Waals surface area contributed by atoms with Crippen molar-refractivity contribution in [2.24, 2.45) is 5.92 Å². The Bertz CT molecular complexity index is 417. The van der Waals surface area contributed by atoms with Crippen LogP contribution in [0.4, 0.5) is 5.82 Å². The smallest absolute Gasteiger partial charge is 0.162 e. The average molecular weight is 314 g/mol.